The molecule has 5 atom stereocenters. The van der Waals surface area contributed by atoms with Crippen molar-refractivity contribution in [3.63, 3.8) is 0 Å². The molecule has 0 amide bonds. The molecule has 0 radical (unpaired) electrons. The van der Waals surface area contributed by atoms with Crippen molar-refractivity contribution in [2.75, 3.05) is 0 Å². The van der Waals surface area contributed by atoms with Crippen molar-refractivity contribution >= 4 is 5.97 Å². The second kappa shape index (κ2) is 7.92. The predicted molar refractivity (Wildman–Crippen MR) is 114 cm³/mol. The molecule has 0 bridgehead atoms. The van der Waals surface area contributed by atoms with Gasteiger partial charge in [-0.25, -0.2) is 4.79 Å². The van der Waals surface area contributed by atoms with Crippen LogP contribution in [0.5, 0.6) is 0 Å². The van der Waals surface area contributed by atoms with Crippen LogP contribution in [-0.2, 0) is 14.3 Å². The predicted octanol–water partition coefficient (Wildman–Crippen LogP) is 4.54. The second-order valence-corrected chi connectivity index (χ2v) is 10.5. The lowest BCUT2D eigenvalue weighted by Gasteiger charge is -2.55. The third kappa shape index (κ3) is 3.80. The van der Waals surface area contributed by atoms with Gasteiger partial charge in [-0.15, -0.1) is 0 Å². The van der Waals surface area contributed by atoms with Crippen molar-refractivity contribution in [2.24, 2.45) is 16.7 Å². The van der Waals surface area contributed by atoms with Crippen LogP contribution < -0.4 is 0 Å². The molecule has 30 heavy (non-hydrogen) atoms. The maximum absolute atomic E-state index is 11.6. The highest BCUT2D eigenvalue weighted by atomic mass is 16.7. The number of allylic oxidation sites excluding steroid dienone is 2. The molecule has 166 valence electrons. The molecule has 2 heterocycles. The maximum Gasteiger partial charge on any atom is 0.333 e. The molecule has 2 N–H and O–H groups in total. The summed E-state index contributed by atoms with van der Waals surface area (Å²) in [6.45, 7) is 9.58. The summed E-state index contributed by atoms with van der Waals surface area (Å²) in [7, 11) is 0. The third-order valence-corrected chi connectivity index (χ3v) is 8.24. The fourth-order valence-electron chi connectivity index (χ4n) is 6.66. The first-order valence-corrected chi connectivity index (χ1v) is 11.4. The van der Waals surface area contributed by atoms with Crippen molar-refractivity contribution in [1.82, 2.24) is 0 Å². The van der Waals surface area contributed by atoms with Crippen LogP contribution in [0.2, 0.25) is 0 Å². The Morgan fingerprint density at radius 1 is 1.17 bits per heavy atom. The number of fused-ring (bicyclic) bond motifs is 2. The van der Waals surface area contributed by atoms with E-state index in [-0.39, 0.29) is 5.41 Å². The molecule has 2 aliphatic carbocycles. The number of aliphatic hydroxyl groups is 2. The summed E-state index contributed by atoms with van der Waals surface area (Å²) in [5.41, 5.74) is 4.78. The minimum atomic E-state index is -1.13. The largest absolute Gasteiger partial charge is 0.428 e. The lowest BCUT2D eigenvalue weighted by molar-refractivity contribution is -0.198. The van der Waals surface area contributed by atoms with E-state index in [0.717, 1.165) is 18.4 Å². The van der Waals surface area contributed by atoms with E-state index in [1.165, 1.54) is 37.3 Å². The second-order valence-electron chi connectivity index (χ2n) is 10.5. The zero-order valence-electron chi connectivity index (χ0n) is 18.7. The van der Waals surface area contributed by atoms with Gasteiger partial charge in [0.1, 0.15) is 0 Å². The first-order chi connectivity index (χ1) is 14.1. The Morgan fingerprint density at radius 2 is 1.93 bits per heavy atom. The van der Waals surface area contributed by atoms with E-state index in [1.807, 2.05) is 6.08 Å². The van der Waals surface area contributed by atoms with Crippen LogP contribution in [-0.4, -0.2) is 34.9 Å². The summed E-state index contributed by atoms with van der Waals surface area (Å²) in [5.74, 6) is 0.156. The summed E-state index contributed by atoms with van der Waals surface area (Å²) in [6, 6.07) is 0. The van der Waals surface area contributed by atoms with Crippen LogP contribution in [0.1, 0.15) is 79.1 Å². The van der Waals surface area contributed by atoms with Crippen LogP contribution in [0.3, 0.4) is 0 Å². The van der Waals surface area contributed by atoms with Crippen molar-refractivity contribution in [3.05, 3.63) is 34.4 Å². The zero-order chi connectivity index (χ0) is 21.7. The van der Waals surface area contributed by atoms with E-state index in [0.29, 0.717) is 29.7 Å². The van der Waals surface area contributed by atoms with Gasteiger partial charge in [-0.2, -0.15) is 0 Å². The topological polar surface area (TPSA) is 76.0 Å². The highest BCUT2D eigenvalue weighted by Gasteiger charge is 2.49. The number of esters is 1. The fraction of sp³-hybridized carbons (Fsp3) is 0.720. The number of rotatable bonds is 3. The van der Waals surface area contributed by atoms with Crippen molar-refractivity contribution in [2.45, 2.75) is 97.7 Å². The van der Waals surface area contributed by atoms with E-state index in [1.54, 1.807) is 5.57 Å². The summed E-state index contributed by atoms with van der Waals surface area (Å²) >= 11 is 0. The van der Waals surface area contributed by atoms with Gasteiger partial charge in [0.15, 0.2) is 6.29 Å². The van der Waals surface area contributed by atoms with Gasteiger partial charge in [-0.05, 0) is 74.2 Å². The van der Waals surface area contributed by atoms with Gasteiger partial charge >= 0.3 is 5.97 Å². The highest BCUT2D eigenvalue weighted by Crippen LogP contribution is 2.60. The summed E-state index contributed by atoms with van der Waals surface area (Å²) < 4.78 is 10.7. The standard InChI is InChI=1S/C25H36O5/c1-15-6-11-20-24(2,3)12-5-13-25(20,4)18(15)9-7-16-8-10-19(26)17-14-21(27)29-23(17)30-22(16)28/h8,14,19-20,22-23,26,28H,5-7,9-13H2,1-4H3. The Bertz CT molecular complexity index is 804. The normalized spacial score (nSPS) is 38.7. The Hall–Kier alpha value is -1.43. The summed E-state index contributed by atoms with van der Waals surface area (Å²) in [5, 5.41) is 21.1. The van der Waals surface area contributed by atoms with Crippen LogP contribution in [0.25, 0.3) is 0 Å². The van der Waals surface area contributed by atoms with Crippen LogP contribution >= 0.6 is 0 Å². The van der Waals surface area contributed by atoms with E-state index in [2.05, 4.69) is 27.7 Å². The Balaban J connectivity index is 1.52. The van der Waals surface area contributed by atoms with Gasteiger partial charge in [0.05, 0.1) is 6.10 Å². The van der Waals surface area contributed by atoms with Crippen LogP contribution in [0.15, 0.2) is 34.4 Å². The first-order valence-electron chi connectivity index (χ1n) is 11.4. The van der Waals surface area contributed by atoms with E-state index < -0.39 is 24.7 Å². The zero-order valence-corrected chi connectivity index (χ0v) is 18.7. The smallest absolute Gasteiger partial charge is 0.333 e. The summed E-state index contributed by atoms with van der Waals surface area (Å²) in [6.07, 6.45) is 8.32. The average Bonchev–Trinajstić information content (AvgIpc) is 3.01. The van der Waals surface area contributed by atoms with Gasteiger partial charge < -0.3 is 19.7 Å². The monoisotopic (exact) mass is 416 g/mol. The van der Waals surface area contributed by atoms with E-state index in [9.17, 15) is 15.0 Å². The molecular formula is C25H36O5. The molecule has 0 aromatic heterocycles. The molecule has 0 aromatic rings. The number of carbonyl (C=O) groups is 1. The first kappa shape index (κ1) is 21.8. The Morgan fingerprint density at radius 3 is 2.70 bits per heavy atom. The number of ether oxygens (including phenoxy) is 2. The SMILES string of the molecule is CC1=C(CCC2=CCC(O)C3=CC(=O)OC3OC2O)C2(C)CCCC(C)(C)C2CC1. The quantitative estimate of drug-likeness (QED) is 0.522. The van der Waals surface area contributed by atoms with Gasteiger partial charge in [0.25, 0.3) is 0 Å². The molecule has 2 aliphatic heterocycles. The minimum Gasteiger partial charge on any atom is -0.428 e. The number of aliphatic hydroxyl groups excluding tert-OH is 2. The molecule has 4 aliphatic rings. The molecule has 0 saturated heterocycles. The molecule has 4 rings (SSSR count). The van der Waals surface area contributed by atoms with E-state index in [4.69, 9.17) is 9.47 Å². The summed E-state index contributed by atoms with van der Waals surface area (Å²) in [4.78, 5) is 11.6. The highest BCUT2D eigenvalue weighted by molar-refractivity contribution is 5.85. The average molecular weight is 417 g/mol. The van der Waals surface area contributed by atoms with Crippen LogP contribution in [0.4, 0.5) is 0 Å². The fourth-order valence-corrected chi connectivity index (χ4v) is 6.66. The van der Waals surface area contributed by atoms with Gasteiger partial charge in [0.2, 0.25) is 6.29 Å². The van der Waals surface area contributed by atoms with E-state index >= 15 is 0 Å². The molecule has 0 aromatic carbocycles. The number of carbonyl (C=O) groups excluding carboxylic acids is 1. The molecule has 1 saturated carbocycles. The molecular weight excluding hydrogens is 380 g/mol. The third-order valence-electron chi connectivity index (χ3n) is 8.24. The van der Waals surface area contributed by atoms with Gasteiger partial charge in [-0.1, -0.05) is 44.4 Å². The van der Waals surface area contributed by atoms with Crippen molar-refractivity contribution in [3.8, 4) is 0 Å². The number of hydrogen-bond acceptors (Lipinski definition) is 5. The minimum absolute atomic E-state index is 0.217. The maximum atomic E-state index is 11.6. The van der Waals surface area contributed by atoms with Crippen molar-refractivity contribution < 1.29 is 24.5 Å². The number of hydrogen-bond donors (Lipinski definition) is 2. The Kier molecular flexibility index (Phi) is 5.75. The molecule has 5 heteroatoms. The van der Waals surface area contributed by atoms with Crippen LogP contribution in [0, 0.1) is 16.7 Å². The molecule has 5 unspecified atom stereocenters. The Labute approximate surface area is 179 Å². The van der Waals surface area contributed by atoms with Gasteiger partial charge in [0, 0.05) is 11.6 Å². The van der Waals surface area contributed by atoms with Crippen molar-refractivity contribution in [1.29, 1.82) is 0 Å². The van der Waals surface area contributed by atoms with Gasteiger partial charge in [-0.3, -0.25) is 0 Å². The molecule has 5 nitrogen and oxygen atoms in total. The lowest BCUT2D eigenvalue weighted by atomic mass is 9.50. The molecule has 0 spiro atoms. The molecule has 1 fully saturated rings. The lowest BCUT2D eigenvalue weighted by Crippen LogP contribution is -2.45.